The SMILES string of the molecule is FC(F)(F)Oc1ccc(N/N=C\c2ncc(C(F)(F)F)cc2Cl)cc1. The number of anilines is 1. The zero-order valence-electron chi connectivity index (χ0n) is 12.0. The number of benzene rings is 1. The molecule has 0 saturated carbocycles. The highest BCUT2D eigenvalue weighted by molar-refractivity contribution is 6.32. The van der Waals surface area contributed by atoms with E-state index in [0.717, 1.165) is 18.3 Å². The second-order valence-corrected chi connectivity index (χ2v) is 4.94. The number of alkyl halides is 6. The van der Waals surface area contributed by atoms with Gasteiger partial charge >= 0.3 is 12.5 Å². The number of hydrogen-bond acceptors (Lipinski definition) is 4. The lowest BCUT2D eigenvalue weighted by molar-refractivity contribution is -0.274. The van der Waals surface area contributed by atoms with Gasteiger partial charge in [-0.25, -0.2) is 0 Å². The van der Waals surface area contributed by atoms with Gasteiger partial charge in [-0.15, -0.1) is 13.2 Å². The minimum atomic E-state index is -4.79. The average molecular weight is 384 g/mol. The number of hydrazone groups is 1. The molecule has 0 bridgehead atoms. The molecule has 0 atom stereocenters. The second-order valence-electron chi connectivity index (χ2n) is 4.53. The minimum Gasteiger partial charge on any atom is -0.406 e. The summed E-state index contributed by atoms with van der Waals surface area (Å²) in [5, 5.41) is 3.45. The van der Waals surface area contributed by atoms with E-state index in [1.165, 1.54) is 12.1 Å². The Morgan fingerprint density at radius 3 is 2.24 bits per heavy atom. The van der Waals surface area contributed by atoms with Crippen LogP contribution in [0.1, 0.15) is 11.3 Å². The molecule has 1 aromatic heterocycles. The van der Waals surface area contributed by atoms with Gasteiger partial charge in [-0.1, -0.05) is 11.6 Å². The molecule has 0 aliphatic rings. The van der Waals surface area contributed by atoms with Crippen LogP contribution in [0.4, 0.5) is 32.0 Å². The molecule has 2 rings (SSSR count). The first-order chi connectivity index (χ1) is 11.5. The number of rotatable bonds is 4. The van der Waals surface area contributed by atoms with Gasteiger partial charge in [0.15, 0.2) is 0 Å². The van der Waals surface area contributed by atoms with Crippen molar-refractivity contribution >= 4 is 23.5 Å². The normalized spacial score (nSPS) is 12.4. The lowest BCUT2D eigenvalue weighted by Gasteiger charge is -2.09. The summed E-state index contributed by atoms with van der Waals surface area (Å²) < 4.78 is 77.2. The number of nitrogens with one attached hydrogen (secondary N) is 1. The van der Waals surface area contributed by atoms with Crippen LogP contribution in [0.3, 0.4) is 0 Å². The van der Waals surface area contributed by atoms with Gasteiger partial charge in [-0.2, -0.15) is 18.3 Å². The summed E-state index contributed by atoms with van der Waals surface area (Å²) in [6.45, 7) is 0. The molecule has 0 aliphatic heterocycles. The van der Waals surface area contributed by atoms with E-state index >= 15 is 0 Å². The van der Waals surface area contributed by atoms with Crippen LogP contribution in [0, 0.1) is 0 Å². The topological polar surface area (TPSA) is 46.5 Å². The standard InChI is InChI=1S/C14H8ClF6N3O/c15-11-5-8(13(16,17)18)6-22-12(11)7-23-24-9-1-3-10(4-2-9)25-14(19,20)21/h1-7,24H/b23-7-. The van der Waals surface area contributed by atoms with Gasteiger partial charge in [-0.05, 0) is 30.3 Å². The number of nitrogens with zero attached hydrogens (tertiary/aromatic N) is 2. The molecule has 11 heteroatoms. The maximum absolute atomic E-state index is 12.5. The Balaban J connectivity index is 2.01. The number of hydrogen-bond donors (Lipinski definition) is 1. The van der Waals surface area contributed by atoms with Crippen molar-refractivity contribution in [2.45, 2.75) is 12.5 Å². The quantitative estimate of drug-likeness (QED) is 0.454. The molecule has 0 amide bonds. The van der Waals surface area contributed by atoms with Crippen LogP contribution in [0.5, 0.6) is 5.75 Å². The number of pyridine rings is 1. The smallest absolute Gasteiger partial charge is 0.406 e. The molecule has 0 aliphatic carbocycles. The van der Waals surface area contributed by atoms with E-state index in [4.69, 9.17) is 11.6 Å². The average Bonchev–Trinajstić information content (AvgIpc) is 2.48. The fourth-order valence-electron chi connectivity index (χ4n) is 1.60. The third-order valence-electron chi connectivity index (χ3n) is 2.67. The van der Waals surface area contributed by atoms with Crippen LogP contribution in [0.2, 0.25) is 5.02 Å². The van der Waals surface area contributed by atoms with Gasteiger partial charge in [0.25, 0.3) is 0 Å². The van der Waals surface area contributed by atoms with Crippen LogP contribution >= 0.6 is 11.6 Å². The molecule has 0 spiro atoms. The maximum atomic E-state index is 12.5. The highest BCUT2D eigenvalue weighted by Crippen LogP contribution is 2.30. The van der Waals surface area contributed by atoms with E-state index < -0.39 is 23.9 Å². The minimum absolute atomic E-state index is 0.0146. The van der Waals surface area contributed by atoms with Crippen molar-refractivity contribution in [3.05, 3.63) is 52.8 Å². The van der Waals surface area contributed by atoms with E-state index in [1.54, 1.807) is 0 Å². The molecule has 4 nitrogen and oxygen atoms in total. The van der Waals surface area contributed by atoms with Gasteiger partial charge in [-0.3, -0.25) is 10.4 Å². The van der Waals surface area contributed by atoms with Crippen LogP contribution in [-0.4, -0.2) is 17.6 Å². The Hall–Kier alpha value is -2.49. The molecule has 1 heterocycles. The molecule has 0 fully saturated rings. The van der Waals surface area contributed by atoms with Crippen molar-refractivity contribution in [3.63, 3.8) is 0 Å². The molecule has 2 aromatic rings. The first-order valence-corrected chi connectivity index (χ1v) is 6.80. The van der Waals surface area contributed by atoms with Crippen molar-refractivity contribution in [1.82, 2.24) is 4.98 Å². The van der Waals surface area contributed by atoms with E-state index in [1.807, 2.05) is 0 Å². The number of ether oxygens (including phenoxy) is 1. The molecule has 25 heavy (non-hydrogen) atoms. The highest BCUT2D eigenvalue weighted by atomic mass is 35.5. The Morgan fingerprint density at radius 2 is 1.72 bits per heavy atom. The van der Waals surface area contributed by atoms with E-state index in [0.29, 0.717) is 18.0 Å². The summed E-state index contributed by atoms with van der Waals surface area (Å²) in [6.07, 6.45) is -7.68. The van der Waals surface area contributed by atoms with Gasteiger partial charge in [0.2, 0.25) is 0 Å². The third kappa shape index (κ3) is 5.82. The molecule has 0 saturated heterocycles. The summed E-state index contributed by atoms with van der Waals surface area (Å²) in [7, 11) is 0. The van der Waals surface area contributed by atoms with Gasteiger partial charge in [0, 0.05) is 6.20 Å². The van der Waals surface area contributed by atoms with Crippen molar-refractivity contribution < 1.29 is 31.1 Å². The Kier molecular flexibility index (Phi) is 5.41. The molecular weight excluding hydrogens is 376 g/mol. The van der Waals surface area contributed by atoms with Crippen molar-refractivity contribution in [3.8, 4) is 5.75 Å². The summed E-state index contributed by atoms with van der Waals surface area (Å²) >= 11 is 5.69. The fraction of sp³-hybridized carbons (Fsp3) is 0.143. The molecular formula is C14H8ClF6N3O. The molecule has 1 aromatic carbocycles. The predicted octanol–water partition coefficient (Wildman–Crippen LogP) is 5.10. The summed E-state index contributed by atoms with van der Waals surface area (Å²) in [6, 6.07) is 5.36. The Morgan fingerprint density at radius 1 is 1.08 bits per heavy atom. The molecule has 134 valence electrons. The van der Waals surface area contributed by atoms with Crippen LogP contribution in [0.25, 0.3) is 0 Å². The largest absolute Gasteiger partial charge is 0.573 e. The van der Waals surface area contributed by atoms with Crippen molar-refractivity contribution in [2.75, 3.05) is 5.43 Å². The maximum Gasteiger partial charge on any atom is 0.573 e. The molecule has 1 N–H and O–H groups in total. The van der Waals surface area contributed by atoms with E-state index in [9.17, 15) is 26.3 Å². The Labute approximate surface area is 142 Å². The number of halogens is 7. The summed E-state index contributed by atoms with van der Waals surface area (Å²) in [5.41, 5.74) is 1.77. The molecule has 0 radical (unpaired) electrons. The lowest BCUT2D eigenvalue weighted by Crippen LogP contribution is -2.16. The lowest BCUT2D eigenvalue weighted by atomic mass is 10.2. The van der Waals surface area contributed by atoms with Gasteiger partial charge < -0.3 is 4.74 Å². The van der Waals surface area contributed by atoms with Gasteiger partial charge in [0.05, 0.1) is 22.5 Å². The fourth-order valence-corrected chi connectivity index (χ4v) is 1.81. The van der Waals surface area contributed by atoms with E-state index in [2.05, 4.69) is 20.2 Å². The van der Waals surface area contributed by atoms with Crippen molar-refractivity contribution in [1.29, 1.82) is 0 Å². The highest BCUT2D eigenvalue weighted by Gasteiger charge is 2.32. The number of aromatic nitrogens is 1. The zero-order chi connectivity index (χ0) is 18.7. The second kappa shape index (κ2) is 7.18. The van der Waals surface area contributed by atoms with Crippen LogP contribution in [-0.2, 0) is 6.18 Å². The van der Waals surface area contributed by atoms with Crippen LogP contribution < -0.4 is 10.2 Å². The van der Waals surface area contributed by atoms with Gasteiger partial charge in [0.1, 0.15) is 11.4 Å². The first-order valence-electron chi connectivity index (χ1n) is 6.42. The Bertz CT molecular complexity index is 759. The predicted molar refractivity (Wildman–Crippen MR) is 78.6 cm³/mol. The monoisotopic (exact) mass is 383 g/mol. The van der Waals surface area contributed by atoms with Crippen LogP contribution in [0.15, 0.2) is 41.6 Å². The summed E-state index contributed by atoms with van der Waals surface area (Å²) in [4.78, 5) is 3.54. The zero-order valence-corrected chi connectivity index (χ0v) is 12.7. The third-order valence-corrected chi connectivity index (χ3v) is 2.97. The molecule has 0 unspecified atom stereocenters. The van der Waals surface area contributed by atoms with E-state index in [-0.39, 0.29) is 10.7 Å². The van der Waals surface area contributed by atoms with Crippen molar-refractivity contribution in [2.24, 2.45) is 5.10 Å². The first kappa shape index (κ1) is 18.8. The summed E-state index contributed by atoms with van der Waals surface area (Å²) in [5.74, 6) is -0.408.